The Bertz CT molecular complexity index is 922. The fourth-order valence-corrected chi connectivity index (χ4v) is 4.20. The lowest BCUT2D eigenvalue weighted by Crippen LogP contribution is -2.44. The SMILES string of the molecule is Cc1cc(OC(=O)OCC(C)C)cc(Br)c1C[C@H](N)C(=O)N1CCc2ccccc21. The second-order valence-corrected chi connectivity index (χ2v) is 8.79. The van der Waals surface area contributed by atoms with Gasteiger partial charge in [-0.25, -0.2) is 4.79 Å². The van der Waals surface area contributed by atoms with Crippen LogP contribution in [0, 0.1) is 12.8 Å². The first-order valence-electron chi connectivity index (χ1n) is 10.0. The molecule has 1 heterocycles. The van der Waals surface area contributed by atoms with Gasteiger partial charge in [0.2, 0.25) is 5.91 Å². The zero-order chi connectivity index (χ0) is 21.8. The summed E-state index contributed by atoms with van der Waals surface area (Å²) in [5, 5.41) is 0. The highest BCUT2D eigenvalue weighted by atomic mass is 79.9. The summed E-state index contributed by atoms with van der Waals surface area (Å²) in [4.78, 5) is 26.6. The number of benzene rings is 2. The lowest BCUT2D eigenvalue weighted by Gasteiger charge is -2.22. The Morgan fingerprint density at radius 3 is 2.67 bits per heavy atom. The zero-order valence-corrected chi connectivity index (χ0v) is 19.1. The van der Waals surface area contributed by atoms with E-state index in [1.165, 1.54) is 5.56 Å². The Hall–Kier alpha value is -2.38. The van der Waals surface area contributed by atoms with Crippen LogP contribution in [0.4, 0.5) is 10.5 Å². The molecule has 6 nitrogen and oxygen atoms in total. The Labute approximate surface area is 185 Å². The lowest BCUT2D eigenvalue weighted by atomic mass is 10.0. The number of rotatable bonds is 6. The fourth-order valence-electron chi connectivity index (χ4n) is 3.49. The van der Waals surface area contributed by atoms with Crippen molar-refractivity contribution in [1.29, 1.82) is 0 Å². The number of carbonyl (C=O) groups is 2. The predicted molar refractivity (Wildman–Crippen MR) is 120 cm³/mol. The van der Waals surface area contributed by atoms with Gasteiger partial charge in [-0.3, -0.25) is 4.79 Å². The van der Waals surface area contributed by atoms with Gasteiger partial charge in [0.05, 0.1) is 12.6 Å². The molecule has 1 atom stereocenters. The minimum Gasteiger partial charge on any atom is -0.434 e. The van der Waals surface area contributed by atoms with E-state index < -0.39 is 12.2 Å². The van der Waals surface area contributed by atoms with Crippen LogP contribution in [0.5, 0.6) is 5.75 Å². The molecule has 2 aromatic carbocycles. The second-order valence-electron chi connectivity index (χ2n) is 7.94. The molecule has 0 saturated heterocycles. The molecule has 0 radical (unpaired) electrons. The highest BCUT2D eigenvalue weighted by Crippen LogP contribution is 2.30. The van der Waals surface area contributed by atoms with Crippen LogP contribution in [-0.2, 0) is 22.4 Å². The molecular weight excluding hydrogens is 448 g/mol. The second kappa shape index (κ2) is 9.62. The van der Waals surface area contributed by atoms with E-state index in [1.54, 1.807) is 17.0 Å². The van der Waals surface area contributed by atoms with E-state index >= 15 is 0 Å². The molecule has 2 aromatic rings. The van der Waals surface area contributed by atoms with E-state index in [9.17, 15) is 9.59 Å². The number of aryl methyl sites for hydroxylation is 1. The van der Waals surface area contributed by atoms with Gasteiger partial charge in [0.15, 0.2) is 0 Å². The fraction of sp³-hybridized carbons (Fsp3) is 0.391. The average molecular weight is 475 g/mol. The summed E-state index contributed by atoms with van der Waals surface area (Å²) in [6.07, 6.45) is 0.487. The third-order valence-electron chi connectivity index (χ3n) is 5.02. The Balaban J connectivity index is 1.68. The Kier molecular flexibility index (Phi) is 7.15. The maximum Gasteiger partial charge on any atom is 0.513 e. The number of ether oxygens (including phenoxy) is 2. The van der Waals surface area contributed by atoms with Gasteiger partial charge in [0.1, 0.15) is 5.75 Å². The maximum atomic E-state index is 13.0. The molecule has 0 fully saturated rings. The van der Waals surface area contributed by atoms with E-state index in [0.717, 1.165) is 27.7 Å². The van der Waals surface area contributed by atoms with Gasteiger partial charge in [-0.05, 0) is 60.6 Å². The van der Waals surface area contributed by atoms with Crippen molar-refractivity contribution in [3.05, 3.63) is 57.6 Å². The monoisotopic (exact) mass is 474 g/mol. The van der Waals surface area contributed by atoms with E-state index in [-0.39, 0.29) is 11.8 Å². The summed E-state index contributed by atoms with van der Waals surface area (Å²) in [6, 6.07) is 10.7. The topological polar surface area (TPSA) is 81.9 Å². The lowest BCUT2D eigenvalue weighted by molar-refractivity contribution is -0.119. The van der Waals surface area contributed by atoms with Gasteiger partial charge < -0.3 is 20.1 Å². The van der Waals surface area contributed by atoms with Gasteiger partial charge in [0.25, 0.3) is 0 Å². The highest BCUT2D eigenvalue weighted by molar-refractivity contribution is 9.10. The van der Waals surface area contributed by atoms with Crippen molar-refractivity contribution in [2.75, 3.05) is 18.1 Å². The number of halogens is 1. The summed E-state index contributed by atoms with van der Waals surface area (Å²) in [5.74, 6) is 0.518. The molecule has 30 heavy (non-hydrogen) atoms. The Morgan fingerprint density at radius 1 is 1.23 bits per heavy atom. The summed E-state index contributed by atoms with van der Waals surface area (Å²) in [6.45, 7) is 6.75. The summed E-state index contributed by atoms with van der Waals surface area (Å²) < 4.78 is 11.0. The molecule has 0 unspecified atom stereocenters. The van der Waals surface area contributed by atoms with Crippen molar-refractivity contribution in [2.45, 2.75) is 39.7 Å². The molecule has 7 heteroatoms. The van der Waals surface area contributed by atoms with Gasteiger partial charge in [0, 0.05) is 16.7 Å². The minimum atomic E-state index is -0.734. The molecule has 3 rings (SSSR count). The van der Waals surface area contributed by atoms with Crippen LogP contribution >= 0.6 is 15.9 Å². The number of anilines is 1. The molecule has 0 saturated carbocycles. The third kappa shape index (κ3) is 5.21. The van der Waals surface area contributed by atoms with Crippen LogP contribution in [-0.4, -0.2) is 31.3 Å². The quantitative estimate of drug-likeness (QED) is 0.495. The summed E-state index contributed by atoms with van der Waals surface area (Å²) in [7, 11) is 0. The number of para-hydroxylation sites is 1. The number of nitrogens with zero attached hydrogens (tertiary/aromatic N) is 1. The number of amides is 1. The molecule has 2 N–H and O–H groups in total. The van der Waals surface area contributed by atoms with Crippen LogP contribution in [0.1, 0.15) is 30.5 Å². The molecular formula is C23H27BrN2O4. The van der Waals surface area contributed by atoms with Crippen LogP contribution in [0.15, 0.2) is 40.9 Å². The van der Waals surface area contributed by atoms with Crippen molar-refractivity contribution in [3.8, 4) is 5.75 Å². The van der Waals surface area contributed by atoms with Crippen molar-refractivity contribution < 1.29 is 19.1 Å². The normalized spacial score (nSPS) is 13.9. The van der Waals surface area contributed by atoms with E-state index in [1.807, 2.05) is 45.0 Å². The van der Waals surface area contributed by atoms with Gasteiger partial charge in [-0.15, -0.1) is 0 Å². The zero-order valence-electron chi connectivity index (χ0n) is 17.5. The van der Waals surface area contributed by atoms with Crippen LogP contribution in [0.25, 0.3) is 0 Å². The Morgan fingerprint density at radius 2 is 1.97 bits per heavy atom. The first-order chi connectivity index (χ1) is 14.3. The largest absolute Gasteiger partial charge is 0.513 e. The number of hydrogen-bond acceptors (Lipinski definition) is 5. The van der Waals surface area contributed by atoms with E-state index in [2.05, 4.69) is 15.9 Å². The average Bonchev–Trinajstić information content (AvgIpc) is 3.12. The van der Waals surface area contributed by atoms with Crippen molar-refractivity contribution in [1.82, 2.24) is 0 Å². The number of nitrogens with two attached hydrogens (primary N) is 1. The smallest absolute Gasteiger partial charge is 0.434 e. The van der Waals surface area contributed by atoms with Crippen molar-refractivity contribution >= 4 is 33.7 Å². The van der Waals surface area contributed by atoms with Gasteiger partial charge in [-0.2, -0.15) is 0 Å². The minimum absolute atomic E-state index is 0.0937. The first-order valence-corrected chi connectivity index (χ1v) is 10.8. The maximum absolute atomic E-state index is 13.0. The van der Waals surface area contributed by atoms with E-state index in [0.29, 0.717) is 25.3 Å². The molecule has 0 aliphatic carbocycles. The van der Waals surface area contributed by atoms with E-state index in [4.69, 9.17) is 15.2 Å². The summed E-state index contributed by atoms with van der Waals surface area (Å²) in [5.41, 5.74) is 10.2. The predicted octanol–water partition coefficient (Wildman–Crippen LogP) is 4.39. The molecule has 1 amide bonds. The molecule has 1 aliphatic rings. The van der Waals surface area contributed by atoms with Gasteiger partial charge >= 0.3 is 6.16 Å². The van der Waals surface area contributed by atoms with Gasteiger partial charge in [-0.1, -0.05) is 48.0 Å². The van der Waals surface area contributed by atoms with Crippen molar-refractivity contribution in [3.63, 3.8) is 0 Å². The first kappa shape index (κ1) is 22.3. The summed E-state index contributed by atoms with van der Waals surface area (Å²) >= 11 is 3.52. The standard InChI is InChI=1S/C23H27BrN2O4/c1-14(2)13-29-23(28)30-17-10-15(3)18(19(24)11-17)12-20(25)22(27)26-9-8-16-6-4-5-7-21(16)26/h4-7,10-11,14,20H,8-9,12-13,25H2,1-3H3/t20-/m0/s1. The molecule has 0 aromatic heterocycles. The molecule has 0 spiro atoms. The molecule has 160 valence electrons. The van der Waals surface area contributed by atoms with Crippen LogP contribution < -0.4 is 15.4 Å². The van der Waals surface area contributed by atoms with Crippen LogP contribution in [0.2, 0.25) is 0 Å². The number of hydrogen-bond donors (Lipinski definition) is 1. The third-order valence-corrected chi connectivity index (χ3v) is 5.73. The van der Waals surface area contributed by atoms with Crippen LogP contribution in [0.3, 0.4) is 0 Å². The number of fused-ring (bicyclic) bond motifs is 1. The van der Waals surface area contributed by atoms with Crippen molar-refractivity contribution in [2.24, 2.45) is 11.7 Å². The molecule has 0 bridgehead atoms. The highest BCUT2D eigenvalue weighted by Gasteiger charge is 2.29. The molecule has 1 aliphatic heterocycles. The number of carbonyl (C=O) groups excluding carboxylic acids is 2.